The highest BCUT2D eigenvalue weighted by Crippen LogP contribution is 2.16. The number of benzene rings is 1. The molecule has 1 aromatic rings. The van der Waals surface area contributed by atoms with Crippen LogP contribution in [0.1, 0.15) is 51.9 Å². The van der Waals surface area contributed by atoms with E-state index in [9.17, 15) is 4.79 Å². The highest BCUT2D eigenvalue weighted by molar-refractivity contribution is 6.83. The third-order valence-electron chi connectivity index (χ3n) is 2.65. The average Bonchev–Trinajstić information content (AvgIpc) is 2.48. The summed E-state index contributed by atoms with van der Waals surface area (Å²) in [6.45, 7) is 19.3. The van der Waals surface area contributed by atoms with Gasteiger partial charge in [0, 0.05) is 10.8 Å². The molecule has 1 aromatic carbocycles. The van der Waals surface area contributed by atoms with Gasteiger partial charge in [0.2, 0.25) is 0 Å². The van der Waals surface area contributed by atoms with Gasteiger partial charge in [-0.15, -0.1) is 11.5 Å². The number of carbonyl (C=O) groups is 1. The van der Waals surface area contributed by atoms with Gasteiger partial charge in [0.1, 0.15) is 8.07 Å². The van der Waals surface area contributed by atoms with Crippen LogP contribution in [0.4, 0.5) is 0 Å². The van der Waals surface area contributed by atoms with E-state index >= 15 is 0 Å². The van der Waals surface area contributed by atoms with Gasteiger partial charge in [0.25, 0.3) is 0 Å². The second kappa shape index (κ2) is 10.6. The molecule has 4 heteroatoms. The first kappa shape index (κ1) is 25.3. The van der Waals surface area contributed by atoms with Crippen molar-refractivity contribution in [2.45, 2.75) is 61.2 Å². The second-order valence-corrected chi connectivity index (χ2v) is 14.5. The van der Waals surface area contributed by atoms with Crippen LogP contribution >= 0.6 is 11.6 Å². The van der Waals surface area contributed by atoms with E-state index < -0.39 is 14.0 Å². The minimum Gasteiger partial charge on any atom is -0.449 e. The molecule has 148 valence electrons. The largest absolute Gasteiger partial charge is 0.449 e. The van der Waals surface area contributed by atoms with Crippen molar-refractivity contribution in [1.82, 2.24) is 0 Å². The quantitative estimate of drug-likeness (QED) is 0.321. The molecule has 0 aliphatic carbocycles. The number of esters is 1. The Morgan fingerprint density at radius 3 is 1.93 bits per heavy atom. The van der Waals surface area contributed by atoms with Gasteiger partial charge in [-0.1, -0.05) is 55.2 Å². The maximum absolute atomic E-state index is 11.6. The van der Waals surface area contributed by atoms with Crippen LogP contribution in [0.5, 0.6) is 0 Å². The fourth-order valence-electron chi connectivity index (χ4n) is 1.48. The number of halogens is 1. The fraction of sp³-hybridized carbons (Fsp3) is 0.522. The summed E-state index contributed by atoms with van der Waals surface area (Å²) in [7, 11) is -1.13. The zero-order valence-corrected chi connectivity index (χ0v) is 20.0. The van der Waals surface area contributed by atoms with Crippen LogP contribution in [0, 0.1) is 34.1 Å². The maximum Gasteiger partial charge on any atom is 0.340 e. The molecule has 2 nitrogen and oxygen atoms in total. The van der Waals surface area contributed by atoms with Gasteiger partial charge in [0.15, 0.2) is 6.61 Å². The van der Waals surface area contributed by atoms with Crippen LogP contribution in [0.25, 0.3) is 0 Å². The number of hydrogen-bond acceptors (Lipinski definition) is 2. The highest BCUT2D eigenvalue weighted by Gasteiger charge is 2.11. The third kappa shape index (κ3) is 15.1. The molecule has 0 unspecified atom stereocenters. The smallest absolute Gasteiger partial charge is 0.340 e. The molecule has 0 bridgehead atoms. The molecule has 0 amide bonds. The lowest BCUT2D eigenvalue weighted by Crippen LogP contribution is -2.17. The Hall–Kier alpha value is -1.68. The highest BCUT2D eigenvalue weighted by atomic mass is 35.5. The summed E-state index contributed by atoms with van der Waals surface area (Å²) < 4.78 is 5.01. The van der Waals surface area contributed by atoms with Gasteiger partial charge >= 0.3 is 5.97 Å². The number of hydrogen-bond donors (Lipinski definition) is 0. The maximum atomic E-state index is 11.6. The van der Waals surface area contributed by atoms with Crippen LogP contribution in [0.3, 0.4) is 0 Å². The molecule has 1 rings (SSSR count). The van der Waals surface area contributed by atoms with Crippen molar-refractivity contribution in [2.75, 3.05) is 6.61 Å². The Kier molecular flexibility index (Phi) is 9.94. The van der Waals surface area contributed by atoms with Crippen LogP contribution < -0.4 is 0 Å². The van der Waals surface area contributed by atoms with Gasteiger partial charge in [-0.3, -0.25) is 0 Å². The molecular weight excluding hydrogens is 372 g/mol. The average molecular weight is 405 g/mol. The van der Waals surface area contributed by atoms with E-state index in [1.54, 1.807) is 24.3 Å². The monoisotopic (exact) mass is 404 g/mol. The van der Waals surface area contributed by atoms with E-state index in [1.165, 1.54) is 0 Å². The van der Waals surface area contributed by atoms with Crippen LogP contribution in [-0.4, -0.2) is 20.7 Å². The molecule has 0 aromatic heterocycles. The minimum absolute atomic E-state index is 0.0846. The Balaban J connectivity index is 0.000000580. The molecule has 0 heterocycles. The molecule has 0 aliphatic rings. The van der Waals surface area contributed by atoms with Crippen molar-refractivity contribution in [1.29, 1.82) is 0 Å². The van der Waals surface area contributed by atoms with E-state index in [0.29, 0.717) is 10.6 Å². The predicted octanol–water partition coefficient (Wildman–Crippen LogP) is 6.46. The Bertz CT molecular complexity index is 721. The van der Waals surface area contributed by atoms with Gasteiger partial charge in [-0.2, -0.15) is 0 Å². The molecule has 0 spiro atoms. The molecule has 0 atom stereocenters. The van der Waals surface area contributed by atoms with Crippen molar-refractivity contribution in [2.24, 2.45) is 10.8 Å². The first-order valence-electron chi connectivity index (χ1n) is 9.07. The Morgan fingerprint density at radius 2 is 1.52 bits per heavy atom. The standard InChI is InChI=1S/C14H15ClO2.C9H18Si/c1-14(2,3)9-6-10-17-13(16)11-7-4-5-8-12(11)15;1-9(2,3)7-8-10(4,5)6/h4-5,7-8H,10H2,1-3H3;1-6H3. The first-order valence-corrected chi connectivity index (χ1v) is 12.9. The fourth-order valence-corrected chi connectivity index (χ4v) is 2.45. The summed E-state index contributed by atoms with van der Waals surface area (Å²) in [5.74, 6) is 8.62. The van der Waals surface area contributed by atoms with Gasteiger partial charge in [-0.05, 0) is 53.7 Å². The van der Waals surface area contributed by atoms with Crippen molar-refractivity contribution in [3.8, 4) is 23.3 Å². The summed E-state index contributed by atoms with van der Waals surface area (Å²) >= 11 is 5.87. The van der Waals surface area contributed by atoms with Crippen LogP contribution in [0.15, 0.2) is 24.3 Å². The Morgan fingerprint density at radius 1 is 1.00 bits per heavy atom. The number of carbonyl (C=O) groups excluding carboxylic acids is 1. The molecule has 0 fully saturated rings. The van der Waals surface area contributed by atoms with E-state index in [0.717, 1.165) is 0 Å². The molecule has 0 radical (unpaired) electrons. The van der Waals surface area contributed by atoms with E-state index in [2.05, 4.69) is 63.7 Å². The van der Waals surface area contributed by atoms with Crippen molar-refractivity contribution in [3.63, 3.8) is 0 Å². The lowest BCUT2D eigenvalue weighted by Gasteiger charge is -2.10. The summed E-state index contributed by atoms with van der Waals surface area (Å²) in [5.41, 5.74) is 3.81. The molecular formula is C23H33ClO2Si. The summed E-state index contributed by atoms with van der Waals surface area (Å²) in [4.78, 5) is 11.6. The third-order valence-corrected chi connectivity index (χ3v) is 3.85. The summed E-state index contributed by atoms with van der Waals surface area (Å²) in [6, 6.07) is 6.78. The van der Waals surface area contributed by atoms with E-state index in [1.807, 2.05) is 20.8 Å². The molecule has 0 aliphatic heterocycles. The first-order chi connectivity index (χ1) is 12.1. The zero-order valence-electron chi connectivity index (χ0n) is 18.2. The molecule has 0 N–H and O–H groups in total. The van der Waals surface area contributed by atoms with Crippen LogP contribution in [0.2, 0.25) is 24.7 Å². The number of ether oxygens (including phenoxy) is 1. The lowest BCUT2D eigenvalue weighted by atomic mass is 9.98. The van der Waals surface area contributed by atoms with Crippen LogP contribution in [-0.2, 0) is 4.74 Å². The second-order valence-electron chi connectivity index (χ2n) is 9.36. The lowest BCUT2D eigenvalue weighted by molar-refractivity contribution is 0.0556. The van der Waals surface area contributed by atoms with E-state index in [-0.39, 0.29) is 17.4 Å². The van der Waals surface area contributed by atoms with Gasteiger partial charge in [0.05, 0.1) is 10.6 Å². The minimum atomic E-state index is -1.13. The van der Waals surface area contributed by atoms with Crippen molar-refractivity contribution in [3.05, 3.63) is 34.9 Å². The SMILES string of the molecule is CC(C)(C)C#CCOC(=O)c1ccccc1Cl.CC(C)(C)C#C[Si](C)(C)C. The van der Waals surface area contributed by atoms with Gasteiger partial charge in [-0.25, -0.2) is 4.79 Å². The zero-order chi connectivity index (χ0) is 21.3. The van der Waals surface area contributed by atoms with E-state index in [4.69, 9.17) is 16.3 Å². The topological polar surface area (TPSA) is 26.3 Å². The molecule has 0 saturated heterocycles. The Labute approximate surface area is 172 Å². The van der Waals surface area contributed by atoms with Gasteiger partial charge < -0.3 is 4.74 Å². The van der Waals surface area contributed by atoms with Crippen molar-refractivity contribution < 1.29 is 9.53 Å². The number of rotatable bonds is 2. The summed E-state index contributed by atoms with van der Waals surface area (Å²) in [6.07, 6.45) is 0. The normalized spacial score (nSPS) is 11.0. The molecule has 27 heavy (non-hydrogen) atoms. The summed E-state index contributed by atoms with van der Waals surface area (Å²) in [5, 5.41) is 0.390. The predicted molar refractivity (Wildman–Crippen MR) is 120 cm³/mol. The molecule has 0 saturated carbocycles. The van der Waals surface area contributed by atoms with Crippen molar-refractivity contribution >= 4 is 25.6 Å².